The molecule has 2 aliphatic rings. The third kappa shape index (κ3) is 7.72. The highest BCUT2D eigenvalue weighted by Crippen LogP contribution is 2.49. The quantitative estimate of drug-likeness (QED) is 0.364. The lowest BCUT2D eigenvalue weighted by Gasteiger charge is -2.34. The summed E-state index contributed by atoms with van der Waals surface area (Å²) in [6, 6.07) is 15.8. The summed E-state index contributed by atoms with van der Waals surface area (Å²) >= 11 is 3.46. The van der Waals surface area contributed by atoms with E-state index in [-0.39, 0.29) is 17.6 Å². The molecule has 35 heavy (non-hydrogen) atoms. The van der Waals surface area contributed by atoms with Gasteiger partial charge in [-0.2, -0.15) is 0 Å². The van der Waals surface area contributed by atoms with Gasteiger partial charge in [0.25, 0.3) is 0 Å². The first kappa shape index (κ1) is 27.0. The Kier molecular flexibility index (Phi) is 10.4. The molecule has 2 fully saturated rings. The lowest BCUT2D eigenvalue weighted by molar-refractivity contribution is -0.132. The van der Waals surface area contributed by atoms with Crippen LogP contribution in [0.1, 0.15) is 41.1 Å². The second kappa shape index (κ2) is 13.5. The topological polar surface area (TPSA) is 92.9 Å². The van der Waals surface area contributed by atoms with Gasteiger partial charge in [-0.25, -0.2) is 0 Å². The molecule has 2 aromatic carbocycles. The van der Waals surface area contributed by atoms with Gasteiger partial charge in [-0.15, -0.1) is 0 Å². The number of nitrogens with two attached hydrogens (primary N) is 1. The molecule has 188 valence electrons. The van der Waals surface area contributed by atoms with E-state index in [9.17, 15) is 9.59 Å². The Morgan fingerprint density at radius 2 is 1.66 bits per heavy atom. The average molecular weight is 544 g/mol. The summed E-state index contributed by atoms with van der Waals surface area (Å²) in [4.78, 5) is 37.0. The van der Waals surface area contributed by atoms with Crippen LogP contribution in [0.2, 0.25) is 0 Å². The third-order valence-electron chi connectivity index (χ3n) is 6.53. The molecule has 1 saturated heterocycles. The normalized spacial score (nSPS) is 19.4. The highest BCUT2D eigenvalue weighted by atomic mass is 79.9. The molecule has 2 aromatic rings. The van der Waals surface area contributed by atoms with E-state index in [1.165, 1.54) is 5.56 Å². The maximum Gasteiger partial charge on any atom is 0.223 e. The number of Topliss-reactive ketones (excluding diaryl/α,β-unsaturated/α-hetero) is 1. The molecule has 4 rings (SSSR count). The molecule has 2 N–H and O–H groups in total. The van der Waals surface area contributed by atoms with Crippen LogP contribution in [0.5, 0.6) is 5.75 Å². The molecule has 0 bridgehead atoms. The Labute approximate surface area is 215 Å². The fourth-order valence-electron chi connectivity index (χ4n) is 4.47. The van der Waals surface area contributed by atoms with E-state index in [1.807, 2.05) is 48.1 Å². The summed E-state index contributed by atoms with van der Waals surface area (Å²) in [5.74, 6) is 1.60. The average Bonchev–Trinajstić information content (AvgIpc) is 3.70. The van der Waals surface area contributed by atoms with Crippen LogP contribution in [-0.4, -0.2) is 74.2 Å². The van der Waals surface area contributed by atoms with Gasteiger partial charge in [0, 0.05) is 61.6 Å². The van der Waals surface area contributed by atoms with E-state index < -0.39 is 0 Å². The van der Waals surface area contributed by atoms with Crippen molar-refractivity contribution in [3.05, 3.63) is 64.1 Å². The van der Waals surface area contributed by atoms with Crippen molar-refractivity contribution in [3.8, 4) is 5.75 Å². The highest BCUT2D eigenvalue weighted by Gasteiger charge is 2.43. The Morgan fingerprint density at radius 3 is 2.29 bits per heavy atom. The van der Waals surface area contributed by atoms with E-state index >= 15 is 0 Å². The Morgan fingerprint density at radius 1 is 1.00 bits per heavy atom. The van der Waals surface area contributed by atoms with Crippen molar-refractivity contribution in [2.45, 2.75) is 25.2 Å². The number of halogens is 1. The number of hydrogen-bond donors (Lipinski definition) is 1. The molecule has 0 spiro atoms. The van der Waals surface area contributed by atoms with E-state index in [0.717, 1.165) is 61.4 Å². The van der Waals surface area contributed by atoms with E-state index in [1.54, 1.807) is 0 Å². The van der Waals surface area contributed by atoms with Gasteiger partial charge in [-0.05, 0) is 60.7 Å². The maximum atomic E-state index is 12.8. The minimum absolute atomic E-state index is 0.0870. The van der Waals surface area contributed by atoms with Crippen molar-refractivity contribution < 1.29 is 19.1 Å². The first-order chi connectivity index (χ1) is 17.0. The van der Waals surface area contributed by atoms with Gasteiger partial charge in [0.15, 0.2) is 5.78 Å². The predicted octanol–water partition coefficient (Wildman–Crippen LogP) is 3.51. The number of benzene rings is 2. The van der Waals surface area contributed by atoms with Crippen molar-refractivity contribution in [2.24, 2.45) is 11.7 Å². The second-order valence-electron chi connectivity index (χ2n) is 8.85. The molecule has 7 nitrogen and oxygen atoms in total. The molecule has 1 saturated carbocycles. The van der Waals surface area contributed by atoms with Gasteiger partial charge in [0.2, 0.25) is 5.91 Å². The number of amides is 1. The number of hydrogen-bond acceptors (Lipinski definition) is 6. The number of piperazine rings is 1. The molecule has 2 unspecified atom stereocenters. The number of carbonyl (C=O) groups is 3. The largest absolute Gasteiger partial charge is 0.494 e. The number of ether oxygens (including phenoxy) is 1. The van der Waals surface area contributed by atoms with Gasteiger partial charge in [0.05, 0.1) is 6.61 Å². The summed E-state index contributed by atoms with van der Waals surface area (Å²) in [6.45, 7) is 7.35. The zero-order valence-corrected chi connectivity index (χ0v) is 21.6. The van der Waals surface area contributed by atoms with Crippen LogP contribution >= 0.6 is 15.9 Å². The number of carbonyl (C=O) groups excluding carboxylic acids is 3. The fraction of sp³-hybridized carbons (Fsp3) is 0.444. The van der Waals surface area contributed by atoms with Crippen LogP contribution in [0, 0.1) is 5.92 Å². The summed E-state index contributed by atoms with van der Waals surface area (Å²) in [5.41, 5.74) is 7.47. The smallest absolute Gasteiger partial charge is 0.223 e. The zero-order valence-electron chi connectivity index (χ0n) is 20.0. The van der Waals surface area contributed by atoms with Crippen LogP contribution in [0.4, 0.5) is 0 Å². The summed E-state index contributed by atoms with van der Waals surface area (Å²) < 4.78 is 6.94. The Bertz CT molecular complexity index is 959. The third-order valence-corrected chi connectivity index (χ3v) is 7.06. The van der Waals surface area contributed by atoms with Crippen LogP contribution < -0.4 is 10.5 Å². The lowest BCUT2D eigenvalue weighted by Crippen LogP contribution is -2.49. The van der Waals surface area contributed by atoms with Gasteiger partial charge in [-0.1, -0.05) is 28.1 Å². The maximum absolute atomic E-state index is 12.8. The molecule has 1 amide bonds. The zero-order chi connectivity index (χ0) is 25.2. The predicted molar refractivity (Wildman–Crippen MR) is 140 cm³/mol. The number of ketones is 1. The monoisotopic (exact) mass is 543 g/mol. The van der Waals surface area contributed by atoms with E-state index in [2.05, 4.69) is 33.0 Å². The van der Waals surface area contributed by atoms with Gasteiger partial charge >= 0.3 is 0 Å². The number of nitrogens with zero attached hydrogens (tertiary/aromatic N) is 2. The second-order valence-corrected chi connectivity index (χ2v) is 9.77. The standard InChI is InChI=1S/C26H32BrN3O3.CH2O/c27-21-6-2-19(3-7-21)23-18-24(23)26(32)20-4-8-22(9-5-20)33-17-1-12-29-13-15-30(16-14-29)25(31)10-11-28;1-2/h2-9,23-24H,1,10-18,28H2;1H2. The molecule has 1 aliphatic heterocycles. The first-order valence-corrected chi connectivity index (χ1v) is 12.9. The number of rotatable bonds is 10. The molecule has 1 heterocycles. The molecule has 8 heteroatoms. The summed E-state index contributed by atoms with van der Waals surface area (Å²) in [7, 11) is 0. The molecular formula is C27H34BrN3O4. The van der Waals surface area contributed by atoms with E-state index in [0.29, 0.717) is 25.5 Å². The Hall–Kier alpha value is -2.55. The summed E-state index contributed by atoms with van der Waals surface area (Å²) in [6.07, 6.45) is 2.28. The molecule has 0 radical (unpaired) electrons. The van der Waals surface area contributed by atoms with E-state index in [4.69, 9.17) is 15.3 Å². The Balaban J connectivity index is 0.00000167. The molecule has 2 atom stereocenters. The first-order valence-electron chi connectivity index (χ1n) is 12.1. The van der Waals surface area contributed by atoms with Crippen LogP contribution in [-0.2, 0) is 9.59 Å². The molecule has 0 aromatic heterocycles. The van der Waals surface area contributed by atoms with Crippen LogP contribution in [0.25, 0.3) is 0 Å². The van der Waals surface area contributed by atoms with Gasteiger partial charge in [0.1, 0.15) is 12.5 Å². The van der Waals surface area contributed by atoms with Crippen molar-refractivity contribution in [3.63, 3.8) is 0 Å². The summed E-state index contributed by atoms with van der Waals surface area (Å²) in [5, 5.41) is 0. The van der Waals surface area contributed by atoms with Crippen molar-refractivity contribution in [1.82, 2.24) is 9.80 Å². The van der Waals surface area contributed by atoms with Crippen molar-refractivity contribution in [2.75, 3.05) is 45.9 Å². The fourth-order valence-corrected chi connectivity index (χ4v) is 4.74. The molecular weight excluding hydrogens is 510 g/mol. The van der Waals surface area contributed by atoms with Crippen LogP contribution in [0.15, 0.2) is 53.0 Å². The minimum Gasteiger partial charge on any atom is -0.494 e. The minimum atomic E-state index is 0.0870. The lowest BCUT2D eigenvalue weighted by atomic mass is 10.0. The van der Waals surface area contributed by atoms with Gasteiger partial charge < -0.3 is 20.2 Å². The van der Waals surface area contributed by atoms with Crippen molar-refractivity contribution in [1.29, 1.82) is 0 Å². The highest BCUT2D eigenvalue weighted by molar-refractivity contribution is 9.10. The van der Waals surface area contributed by atoms with Crippen LogP contribution in [0.3, 0.4) is 0 Å². The van der Waals surface area contributed by atoms with Gasteiger partial charge in [-0.3, -0.25) is 14.5 Å². The molecule has 1 aliphatic carbocycles. The van der Waals surface area contributed by atoms with Crippen molar-refractivity contribution >= 4 is 34.4 Å². The SMILES string of the molecule is C=O.NCCC(=O)N1CCN(CCCOc2ccc(C(=O)C3CC3c3ccc(Br)cc3)cc2)CC1.